The topological polar surface area (TPSA) is 63.2 Å². The van der Waals surface area contributed by atoms with Crippen molar-refractivity contribution in [3.8, 4) is 0 Å². The van der Waals surface area contributed by atoms with Gasteiger partial charge in [-0.2, -0.15) is 0 Å². The summed E-state index contributed by atoms with van der Waals surface area (Å²) < 4.78 is 27.6. The maximum absolute atomic E-state index is 10.7. The second-order valence-corrected chi connectivity index (χ2v) is 5.86. The highest BCUT2D eigenvalue weighted by Crippen LogP contribution is 2.35. The van der Waals surface area contributed by atoms with Crippen LogP contribution in [0.3, 0.4) is 0 Å². The van der Waals surface area contributed by atoms with Crippen molar-refractivity contribution in [1.82, 2.24) is 0 Å². The first kappa shape index (κ1) is 15.0. The van der Waals surface area contributed by atoms with Crippen molar-refractivity contribution in [3.05, 3.63) is 0 Å². The van der Waals surface area contributed by atoms with Gasteiger partial charge in [0.15, 0.2) is 11.6 Å². The van der Waals surface area contributed by atoms with Gasteiger partial charge in [0.05, 0.1) is 6.61 Å². The zero-order valence-corrected chi connectivity index (χ0v) is 12.2. The van der Waals surface area contributed by atoms with Crippen LogP contribution >= 0.6 is 11.6 Å². The van der Waals surface area contributed by atoms with Gasteiger partial charge in [-0.15, -0.1) is 0 Å². The Balaban J connectivity index is 2.02. The second-order valence-electron chi connectivity index (χ2n) is 5.55. The molecule has 0 saturated carbocycles. The van der Waals surface area contributed by atoms with Crippen LogP contribution in [0.2, 0.25) is 0 Å². The minimum atomic E-state index is -0.865. The van der Waals surface area contributed by atoms with E-state index in [9.17, 15) is 4.79 Å². The zero-order valence-electron chi connectivity index (χ0n) is 11.5. The highest BCUT2D eigenvalue weighted by Gasteiger charge is 2.50. The second kappa shape index (κ2) is 5.18. The Bertz CT molecular complexity index is 356. The largest absolute Gasteiger partial charge is 0.451 e. The summed E-state index contributed by atoms with van der Waals surface area (Å²) in [5.41, 5.74) is -0.865. The lowest BCUT2D eigenvalue weighted by atomic mass is 10.1. The van der Waals surface area contributed by atoms with Crippen LogP contribution in [0.25, 0.3) is 0 Å². The number of rotatable bonds is 3. The molecule has 0 aromatic heterocycles. The summed E-state index contributed by atoms with van der Waals surface area (Å²) in [6, 6.07) is 0. The number of hydrogen-bond donors (Lipinski definition) is 0. The van der Waals surface area contributed by atoms with E-state index in [0.29, 0.717) is 6.61 Å². The molecule has 2 aliphatic rings. The van der Waals surface area contributed by atoms with Crippen molar-refractivity contribution in [2.45, 2.75) is 57.6 Å². The first-order valence-corrected chi connectivity index (χ1v) is 6.56. The van der Waals surface area contributed by atoms with Gasteiger partial charge in [-0.05, 0) is 27.7 Å². The summed E-state index contributed by atoms with van der Waals surface area (Å²) in [7, 11) is 0. The van der Waals surface area contributed by atoms with Crippen molar-refractivity contribution < 1.29 is 28.5 Å². The molecule has 0 N–H and O–H groups in total. The van der Waals surface area contributed by atoms with Gasteiger partial charge in [-0.1, -0.05) is 0 Å². The quantitative estimate of drug-likeness (QED) is 0.742. The molecule has 2 rings (SSSR count). The van der Waals surface area contributed by atoms with Crippen LogP contribution in [0.15, 0.2) is 0 Å². The van der Waals surface area contributed by atoms with E-state index in [-0.39, 0.29) is 18.8 Å². The van der Waals surface area contributed by atoms with Crippen LogP contribution in [0.5, 0.6) is 0 Å². The highest BCUT2D eigenvalue weighted by atomic mass is 35.5. The Hall–Kier alpha value is -0.400. The van der Waals surface area contributed by atoms with Gasteiger partial charge in [0.1, 0.15) is 24.9 Å². The summed E-state index contributed by atoms with van der Waals surface area (Å²) in [6.07, 6.45) is -1.07. The molecule has 2 aliphatic heterocycles. The standard InChI is InChI=1S/C12H19ClO6/c1-11(2)16-6-8(17-11)9-7(5-15-10(13)14)18-12(3,4)19-9/h7-9H,5-6H2,1-4H3/t7-,8+,9+/m1/s1. The van der Waals surface area contributed by atoms with Gasteiger partial charge >= 0.3 is 5.43 Å². The fraction of sp³-hybridized carbons (Fsp3) is 0.917. The minimum absolute atomic E-state index is 0.0245. The lowest BCUT2D eigenvalue weighted by Gasteiger charge is -2.23. The van der Waals surface area contributed by atoms with Gasteiger partial charge in [0.25, 0.3) is 0 Å². The SMILES string of the molecule is CC1(C)OC[C@@H]([C@H]2OC(C)(C)O[C@@H]2COC(=O)Cl)O1. The molecule has 0 radical (unpaired) electrons. The molecule has 2 heterocycles. The molecule has 2 fully saturated rings. The van der Waals surface area contributed by atoms with Crippen molar-refractivity contribution in [2.24, 2.45) is 0 Å². The molecule has 0 aromatic carbocycles. The summed E-state index contributed by atoms with van der Waals surface area (Å²) in [6.45, 7) is 7.69. The molecule has 6 nitrogen and oxygen atoms in total. The molecular formula is C12H19ClO6. The predicted molar refractivity (Wildman–Crippen MR) is 65.9 cm³/mol. The van der Waals surface area contributed by atoms with E-state index in [0.717, 1.165) is 0 Å². The fourth-order valence-corrected chi connectivity index (χ4v) is 2.40. The Morgan fingerprint density at radius 3 is 2.42 bits per heavy atom. The van der Waals surface area contributed by atoms with E-state index in [1.807, 2.05) is 13.8 Å². The fourth-order valence-electron chi connectivity index (χ4n) is 2.33. The third kappa shape index (κ3) is 3.79. The van der Waals surface area contributed by atoms with Crippen LogP contribution in [0.1, 0.15) is 27.7 Å². The number of hydrogen-bond acceptors (Lipinski definition) is 6. The predicted octanol–water partition coefficient (Wildman–Crippen LogP) is 2.03. The molecule has 0 unspecified atom stereocenters. The first-order valence-electron chi connectivity index (χ1n) is 6.18. The Morgan fingerprint density at radius 2 is 1.89 bits per heavy atom. The number of carbonyl (C=O) groups is 1. The van der Waals surface area contributed by atoms with Crippen LogP contribution in [-0.4, -0.2) is 48.5 Å². The maximum Gasteiger partial charge on any atom is 0.403 e. The van der Waals surface area contributed by atoms with Crippen LogP contribution < -0.4 is 0 Å². The van der Waals surface area contributed by atoms with E-state index in [1.54, 1.807) is 13.8 Å². The third-order valence-corrected chi connectivity index (χ3v) is 3.09. The van der Waals surface area contributed by atoms with E-state index in [1.165, 1.54) is 0 Å². The van der Waals surface area contributed by atoms with Gasteiger partial charge < -0.3 is 23.7 Å². The number of halogens is 1. The van der Waals surface area contributed by atoms with E-state index in [4.69, 9.17) is 35.3 Å². The smallest absolute Gasteiger partial charge is 0.403 e. The summed E-state index contributed by atoms with van der Waals surface area (Å²) in [5.74, 6) is -1.40. The summed E-state index contributed by atoms with van der Waals surface area (Å²) in [5, 5.41) is 0. The van der Waals surface area contributed by atoms with Gasteiger partial charge in [0.2, 0.25) is 0 Å². The third-order valence-electron chi connectivity index (χ3n) is 2.98. The molecule has 2 saturated heterocycles. The van der Waals surface area contributed by atoms with Gasteiger partial charge in [-0.3, -0.25) is 0 Å². The average Bonchev–Trinajstić information content (AvgIpc) is 2.75. The number of ether oxygens (including phenoxy) is 5. The Kier molecular flexibility index (Phi) is 4.09. The number of carbonyl (C=O) groups excluding carboxylic acids is 1. The molecule has 7 heteroatoms. The van der Waals surface area contributed by atoms with Crippen molar-refractivity contribution in [1.29, 1.82) is 0 Å². The lowest BCUT2D eigenvalue weighted by Crippen LogP contribution is -2.40. The molecule has 0 spiro atoms. The molecule has 0 aromatic rings. The first-order chi connectivity index (χ1) is 8.69. The van der Waals surface area contributed by atoms with Crippen molar-refractivity contribution >= 4 is 17.0 Å². The molecule has 19 heavy (non-hydrogen) atoms. The zero-order chi connectivity index (χ0) is 14.3. The van der Waals surface area contributed by atoms with Crippen LogP contribution in [-0.2, 0) is 23.7 Å². The molecule has 0 aliphatic carbocycles. The van der Waals surface area contributed by atoms with Gasteiger partial charge in [-0.25, -0.2) is 4.79 Å². The molecule has 110 valence electrons. The van der Waals surface area contributed by atoms with Gasteiger partial charge in [0, 0.05) is 11.6 Å². The molecule has 0 bridgehead atoms. The Morgan fingerprint density at radius 1 is 1.21 bits per heavy atom. The highest BCUT2D eigenvalue weighted by molar-refractivity contribution is 6.61. The van der Waals surface area contributed by atoms with Crippen molar-refractivity contribution in [3.63, 3.8) is 0 Å². The molecule has 3 atom stereocenters. The van der Waals surface area contributed by atoms with Crippen LogP contribution in [0, 0.1) is 0 Å². The molecule has 0 amide bonds. The van der Waals surface area contributed by atoms with E-state index in [2.05, 4.69) is 0 Å². The molecular weight excluding hydrogens is 276 g/mol. The maximum atomic E-state index is 10.7. The summed E-state index contributed by atoms with van der Waals surface area (Å²) >= 11 is 5.17. The van der Waals surface area contributed by atoms with E-state index < -0.39 is 23.1 Å². The van der Waals surface area contributed by atoms with Crippen LogP contribution in [0.4, 0.5) is 4.79 Å². The Labute approximate surface area is 117 Å². The summed E-state index contributed by atoms with van der Waals surface area (Å²) in [4.78, 5) is 10.7. The normalized spacial score (nSPS) is 36.4. The average molecular weight is 295 g/mol. The van der Waals surface area contributed by atoms with E-state index >= 15 is 0 Å². The monoisotopic (exact) mass is 294 g/mol. The lowest BCUT2D eigenvalue weighted by molar-refractivity contribution is -0.175. The minimum Gasteiger partial charge on any atom is -0.451 e. The van der Waals surface area contributed by atoms with Crippen molar-refractivity contribution in [2.75, 3.05) is 13.2 Å².